The molecule has 20 heavy (non-hydrogen) atoms. The molecule has 2 aromatic heterocycles. The molecule has 2 rings (SSSR count). The van der Waals surface area contributed by atoms with Crippen LogP contribution in [0.5, 0.6) is 0 Å². The number of thiophene rings is 1. The molecule has 2 aromatic rings. The normalized spacial score (nSPS) is 12.3. The van der Waals surface area contributed by atoms with E-state index < -0.39 is 0 Å². The first kappa shape index (κ1) is 14.8. The molecule has 0 aromatic carbocycles. The van der Waals surface area contributed by atoms with Gasteiger partial charge in [0.2, 0.25) is 5.91 Å². The maximum Gasteiger partial charge on any atom is 0.234 e. The second kappa shape index (κ2) is 6.72. The largest absolute Gasteiger partial charge is 0.465 e. The molecule has 4 nitrogen and oxygen atoms in total. The topological polar surface area (TPSA) is 54.3 Å². The molecule has 0 spiro atoms. The predicted octanol–water partition coefficient (Wildman–Crippen LogP) is 2.92. The summed E-state index contributed by atoms with van der Waals surface area (Å²) in [5.41, 5.74) is 1.22. The maximum atomic E-state index is 11.8. The average molecular weight is 292 g/mol. The second-order valence-corrected chi connectivity index (χ2v) is 5.86. The van der Waals surface area contributed by atoms with Crippen LogP contribution in [0.2, 0.25) is 0 Å². The smallest absolute Gasteiger partial charge is 0.234 e. The Kier molecular flexibility index (Phi) is 4.98. The number of carbonyl (C=O) groups excluding carboxylic acids is 1. The lowest BCUT2D eigenvalue weighted by Gasteiger charge is -2.11. The SMILES string of the molecule is Cc1ccc([C@@H](C)NCC(=O)NCc2sccc2C)o1. The van der Waals surface area contributed by atoms with Gasteiger partial charge in [-0.1, -0.05) is 0 Å². The molecule has 0 saturated carbocycles. The Bertz CT molecular complexity index is 574. The lowest BCUT2D eigenvalue weighted by Crippen LogP contribution is -2.34. The van der Waals surface area contributed by atoms with E-state index in [1.165, 1.54) is 10.4 Å². The van der Waals surface area contributed by atoms with Gasteiger partial charge >= 0.3 is 0 Å². The molecule has 1 atom stereocenters. The Labute approximate surface area is 123 Å². The third-order valence-corrected chi connectivity index (χ3v) is 4.19. The Morgan fingerprint density at radius 3 is 2.75 bits per heavy atom. The Hall–Kier alpha value is -1.59. The van der Waals surface area contributed by atoms with Crippen molar-refractivity contribution in [2.75, 3.05) is 6.54 Å². The van der Waals surface area contributed by atoms with Gasteiger partial charge in [-0.3, -0.25) is 10.1 Å². The molecule has 0 aliphatic heterocycles. The molecular weight excluding hydrogens is 272 g/mol. The van der Waals surface area contributed by atoms with Gasteiger partial charge in [0.25, 0.3) is 0 Å². The second-order valence-electron chi connectivity index (χ2n) is 4.85. The monoisotopic (exact) mass is 292 g/mol. The Balaban J connectivity index is 1.74. The number of hydrogen-bond donors (Lipinski definition) is 2. The number of rotatable bonds is 6. The van der Waals surface area contributed by atoms with Gasteiger partial charge in [0.15, 0.2) is 0 Å². The molecule has 0 aliphatic carbocycles. The zero-order valence-corrected chi connectivity index (χ0v) is 12.8. The van der Waals surface area contributed by atoms with E-state index in [-0.39, 0.29) is 18.5 Å². The lowest BCUT2D eigenvalue weighted by molar-refractivity contribution is -0.120. The molecule has 0 aliphatic rings. The zero-order valence-electron chi connectivity index (χ0n) is 12.0. The van der Waals surface area contributed by atoms with E-state index in [1.807, 2.05) is 31.4 Å². The standard InChI is InChI=1S/C15H20N2O2S/c1-10-6-7-20-14(10)8-17-15(18)9-16-12(3)13-5-4-11(2)19-13/h4-7,12,16H,8-9H2,1-3H3,(H,17,18)/t12-/m1/s1. The zero-order chi connectivity index (χ0) is 14.5. The minimum Gasteiger partial charge on any atom is -0.465 e. The highest BCUT2D eigenvalue weighted by atomic mass is 32.1. The molecule has 2 N–H and O–H groups in total. The van der Waals surface area contributed by atoms with Gasteiger partial charge in [-0.25, -0.2) is 0 Å². The number of amides is 1. The van der Waals surface area contributed by atoms with Crippen molar-refractivity contribution < 1.29 is 9.21 Å². The summed E-state index contributed by atoms with van der Waals surface area (Å²) in [6.45, 7) is 6.82. The molecule has 5 heteroatoms. The molecule has 0 saturated heterocycles. The molecule has 0 radical (unpaired) electrons. The van der Waals surface area contributed by atoms with Crippen molar-refractivity contribution in [2.24, 2.45) is 0 Å². The van der Waals surface area contributed by atoms with Crippen LogP contribution in [0.4, 0.5) is 0 Å². The molecule has 0 bridgehead atoms. The summed E-state index contributed by atoms with van der Waals surface area (Å²) in [6.07, 6.45) is 0. The van der Waals surface area contributed by atoms with Crippen LogP contribution < -0.4 is 10.6 Å². The number of aryl methyl sites for hydroxylation is 2. The molecule has 0 fully saturated rings. The van der Waals surface area contributed by atoms with Crippen molar-refractivity contribution in [3.8, 4) is 0 Å². The van der Waals surface area contributed by atoms with Crippen LogP contribution in [0.3, 0.4) is 0 Å². The molecule has 108 valence electrons. The summed E-state index contributed by atoms with van der Waals surface area (Å²) in [5.74, 6) is 1.73. The number of hydrogen-bond acceptors (Lipinski definition) is 4. The van der Waals surface area contributed by atoms with Crippen LogP contribution in [-0.2, 0) is 11.3 Å². The van der Waals surface area contributed by atoms with E-state index in [0.29, 0.717) is 6.54 Å². The third-order valence-electron chi connectivity index (χ3n) is 3.17. The fraction of sp³-hybridized carbons (Fsp3) is 0.400. The van der Waals surface area contributed by atoms with Gasteiger partial charge < -0.3 is 9.73 Å². The van der Waals surface area contributed by atoms with Crippen molar-refractivity contribution in [2.45, 2.75) is 33.4 Å². The van der Waals surface area contributed by atoms with E-state index in [9.17, 15) is 4.79 Å². The molecular formula is C15H20N2O2S. The quantitative estimate of drug-likeness (QED) is 0.860. The average Bonchev–Trinajstić information content (AvgIpc) is 3.02. The number of carbonyl (C=O) groups is 1. The maximum absolute atomic E-state index is 11.8. The summed E-state index contributed by atoms with van der Waals surface area (Å²) in [5, 5.41) is 8.11. The van der Waals surface area contributed by atoms with Gasteiger partial charge in [0.05, 0.1) is 19.1 Å². The highest BCUT2D eigenvalue weighted by Gasteiger charge is 2.11. The van der Waals surface area contributed by atoms with Crippen LogP contribution in [0.15, 0.2) is 28.0 Å². The fourth-order valence-electron chi connectivity index (χ4n) is 1.86. The van der Waals surface area contributed by atoms with E-state index in [1.54, 1.807) is 11.3 Å². The molecule has 2 heterocycles. The van der Waals surface area contributed by atoms with Gasteiger partial charge in [-0.2, -0.15) is 0 Å². The first-order valence-electron chi connectivity index (χ1n) is 6.65. The van der Waals surface area contributed by atoms with E-state index in [2.05, 4.69) is 23.6 Å². The van der Waals surface area contributed by atoms with Crippen LogP contribution in [0.1, 0.15) is 34.9 Å². The fourth-order valence-corrected chi connectivity index (χ4v) is 2.70. The van der Waals surface area contributed by atoms with Gasteiger partial charge in [-0.15, -0.1) is 11.3 Å². The highest BCUT2D eigenvalue weighted by molar-refractivity contribution is 7.10. The molecule has 0 unspecified atom stereocenters. The van der Waals surface area contributed by atoms with Crippen LogP contribution in [0, 0.1) is 13.8 Å². The minimum absolute atomic E-state index is 0.00655. The Morgan fingerprint density at radius 2 is 2.15 bits per heavy atom. The van der Waals surface area contributed by atoms with Crippen LogP contribution in [-0.4, -0.2) is 12.5 Å². The first-order chi connectivity index (χ1) is 9.56. The summed E-state index contributed by atoms with van der Waals surface area (Å²) in [7, 11) is 0. The van der Waals surface area contributed by atoms with Crippen LogP contribution >= 0.6 is 11.3 Å². The van der Waals surface area contributed by atoms with E-state index in [4.69, 9.17) is 4.42 Å². The van der Waals surface area contributed by atoms with Crippen LogP contribution in [0.25, 0.3) is 0 Å². The Morgan fingerprint density at radius 1 is 1.35 bits per heavy atom. The summed E-state index contributed by atoms with van der Waals surface area (Å²) in [4.78, 5) is 13.0. The predicted molar refractivity (Wildman–Crippen MR) is 80.8 cm³/mol. The van der Waals surface area contributed by atoms with Crippen molar-refractivity contribution in [3.63, 3.8) is 0 Å². The van der Waals surface area contributed by atoms with Gasteiger partial charge in [0, 0.05) is 4.88 Å². The number of nitrogens with one attached hydrogen (secondary N) is 2. The van der Waals surface area contributed by atoms with Gasteiger partial charge in [0.1, 0.15) is 11.5 Å². The summed E-state index contributed by atoms with van der Waals surface area (Å²) < 4.78 is 5.52. The minimum atomic E-state index is -0.00655. The first-order valence-corrected chi connectivity index (χ1v) is 7.53. The number of furan rings is 1. The summed E-state index contributed by atoms with van der Waals surface area (Å²) >= 11 is 1.67. The third kappa shape index (κ3) is 3.95. The van der Waals surface area contributed by atoms with Crippen molar-refractivity contribution in [3.05, 3.63) is 45.5 Å². The van der Waals surface area contributed by atoms with Crippen molar-refractivity contribution in [1.82, 2.24) is 10.6 Å². The van der Waals surface area contributed by atoms with E-state index >= 15 is 0 Å². The lowest BCUT2D eigenvalue weighted by atomic mass is 10.2. The molecule has 1 amide bonds. The summed E-state index contributed by atoms with van der Waals surface area (Å²) in [6, 6.07) is 5.94. The van der Waals surface area contributed by atoms with Crippen molar-refractivity contribution in [1.29, 1.82) is 0 Å². The van der Waals surface area contributed by atoms with Crippen molar-refractivity contribution >= 4 is 17.2 Å². The highest BCUT2D eigenvalue weighted by Crippen LogP contribution is 2.16. The van der Waals surface area contributed by atoms with Gasteiger partial charge in [-0.05, 0) is 49.9 Å². The van der Waals surface area contributed by atoms with E-state index in [0.717, 1.165) is 11.5 Å².